The zero-order chi connectivity index (χ0) is 12.7. The molecule has 96 valence electrons. The van der Waals surface area contributed by atoms with Gasteiger partial charge in [-0.05, 0) is 13.3 Å². The van der Waals surface area contributed by atoms with Crippen LogP contribution in [-0.2, 0) is 20.8 Å². The predicted molar refractivity (Wildman–Crippen MR) is 63.6 cm³/mol. The SMILES string of the molecule is COC(=O)CCCn1cnc(SC(C)OC)n1. The van der Waals surface area contributed by atoms with Crippen LogP contribution in [0.3, 0.4) is 0 Å². The second-order valence-electron chi connectivity index (χ2n) is 3.39. The summed E-state index contributed by atoms with van der Waals surface area (Å²) >= 11 is 1.45. The Kier molecular flexibility index (Phi) is 5.99. The van der Waals surface area contributed by atoms with Crippen LogP contribution in [0.1, 0.15) is 19.8 Å². The molecule has 0 bridgehead atoms. The summed E-state index contributed by atoms with van der Waals surface area (Å²) in [6, 6.07) is 0. The van der Waals surface area contributed by atoms with E-state index in [1.54, 1.807) is 18.1 Å². The largest absolute Gasteiger partial charge is 0.469 e. The van der Waals surface area contributed by atoms with Crippen LogP contribution in [0.25, 0.3) is 0 Å². The van der Waals surface area contributed by atoms with E-state index in [0.717, 1.165) is 0 Å². The summed E-state index contributed by atoms with van der Waals surface area (Å²) in [4.78, 5) is 15.0. The lowest BCUT2D eigenvalue weighted by atomic mass is 10.3. The zero-order valence-electron chi connectivity index (χ0n) is 10.3. The average molecular weight is 259 g/mol. The van der Waals surface area contributed by atoms with Crippen molar-refractivity contribution in [1.29, 1.82) is 0 Å². The number of methoxy groups -OCH3 is 2. The third-order valence-corrected chi connectivity index (χ3v) is 3.04. The van der Waals surface area contributed by atoms with Gasteiger partial charge in [0.25, 0.3) is 0 Å². The molecule has 7 heteroatoms. The number of carbonyl (C=O) groups excluding carboxylic acids is 1. The summed E-state index contributed by atoms with van der Waals surface area (Å²) in [5.74, 6) is -0.201. The highest BCUT2D eigenvalue weighted by Crippen LogP contribution is 2.18. The van der Waals surface area contributed by atoms with E-state index >= 15 is 0 Å². The Labute approximate surface area is 105 Å². The fraction of sp³-hybridized carbons (Fsp3) is 0.700. The number of carbonyl (C=O) groups is 1. The number of thioether (sulfide) groups is 1. The average Bonchev–Trinajstić information content (AvgIpc) is 2.76. The van der Waals surface area contributed by atoms with Crippen molar-refractivity contribution in [3.8, 4) is 0 Å². The minimum Gasteiger partial charge on any atom is -0.469 e. The molecule has 0 aliphatic rings. The lowest BCUT2D eigenvalue weighted by molar-refractivity contribution is -0.140. The van der Waals surface area contributed by atoms with E-state index in [9.17, 15) is 4.79 Å². The molecular formula is C10H17N3O3S. The summed E-state index contributed by atoms with van der Waals surface area (Å²) in [7, 11) is 3.03. The van der Waals surface area contributed by atoms with Crippen LogP contribution in [0, 0.1) is 0 Å². The highest BCUT2D eigenvalue weighted by molar-refractivity contribution is 7.99. The number of nitrogens with zero attached hydrogens (tertiary/aromatic N) is 3. The summed E-state index contributed by atoms with van der Waals surface area (Å²) in [6.45, 7) is 2.59. The monoisotopic (exact) mass is 259 g/mol. The van der Waals surface area contributed by atoms with Gasteiger partial charge in [-0.3, -0.25) is 9.48 Å². The standard InChI is InChI=1S/C10H17N3O3S/c1-8(15-2)17-10-11-7-13(12-10)6-4-5-9(14)16-3/h7-8H,4-6H2,1-3H3. The van der Waals surface area contributed by atoms with Crippen LogP contribution in [0.2, 0.25) is 0 Å². The summed E-state index contributed by atoms with van der Waals surface area (Å²) in [6.07, 6.45) is 2.75. The molecule has 0 amide bonds. The molecule has 1 aromatic heterocycles. The Morgan fingerprint density at radius 3 is 3.00 bits per heavy atom. The third-order valence-electron chi connectivity index (χ3n) is 2.11. The maximum absolute atomic E-state index is 10.9. The van der Waals surface area contributed by atoms with Gasteiger partial charge in [0, 0.05) is 20.1 Å². The number of aryl methyl sites for hydroxylation is 1. The van der Waals surface area contributed by atoms with Gasteiger partial charge in [0.2, 0.25) is 5.16 Å². The van der Waals surface area contributed by atoms with Gasteiger partial charge in [-0.1, -0.05) is 11.8 Å². The van der Waals surface area contributed by atoms with E-state index in [4.69, 9.17) is 4.74 Å². The van der Waals surface area contributed by atoms with Crippen molar-refractivity contribution < 1.29 is 14.3 Å². The summed E-state index contributed by atoms with van der Waals surface area (Å²) in [5.41, 5.74) is 0.0286. The van der Waals surface area contributed by atoms with E-state index < -0.39 is 0 Å². The molecule has 17 heavy (non-hydrogen) atoms. The highest BCUT2D eigenvalue weighted by atomic mass is 32.2. The normalized spacial score (nSPS) is 12.4. The predicted octanol–water partition coefficient (Wildman–Crippen LogP) is 1.32. The molecule has 0 aromatic carbocycles. The van der Waals surface area contributed by atoms with Gasteiger partial charge in [0.05, 0.1) is 7.11 Å². The first-order valence-electron chi connectivity index (χ1n) is 5.31. The van der Waals surface area contributed by atoms with Gasteiger partial charge in [-0.15, -0.1) is 5.10 Å². The Bertz CT molecular complexity index is 356. The Hall–Kier alpha value is -1.08. The number of ether oxygens (including phenoxy) is 2. The van der Waals surface area contributed by atoms with Gasteiger partial charge >= 0.3 is 5.97 Å². The first-order valence-corrected chi connectivity index (χ1v) is 6.19. The molecule has 0 N–H and O–H groups in total. The molecule has 6 nitrogen and oxygen atoms in total. The van der Waals surface area contributed by atoms with Crippen LogP contribution in [0.4, 0.5) is 0 Å². The highest BCUT2D eigenvalue weighted by Gasteiger charge is 2.07. The third kappa shape index (κ3) is 5.18. The molecule has 1 heterocycles. The Balaban J connectivity index is 2.33. The fourth-order valence-corrected chi connectivity index (χ4v) is 1.78. The summed E-state index contributed by atoms with van der Waals surface area (Å²) in [5, 5.41) is 4.94. The molecule has 1 aromatic rings. The molecule has 0 radical (unpaired) electrons. The van der Waals surface area contributed by atoms with E-state index in [1.807, 2.05) is 6.92 Å². The number of aromatic nitrogens is 3. The second kappa shape index (κ2) is 7.29. The van der Waals surface area contributed by atoms with Crippen molar-refractivity contribution in [2.45, 2.75) is 36.9 Å². The van der Waals surface area contributed by atoms with E-state index in [1.165, 1.54) is 18.9 Å². The number of rotatable bonds is 7. The molecule has 0 fully saturated rings. The van der Waals surface area contributed by atoms with E-state index in [0.29, 0.717) is 24.5 Å². The summed E-state index contributed by atoms with van der Waals surface area (Å²) < 4.78 is 11.4. The second-order valence-corrected chi connectivity index (χ2v) is 4.66. The lowest BCUT2D eigenvalue weighted by Crippen LogP contribution is -2.05. The molecule has 1 rings (SSSR count). The molecule has 1 atom stereocenters. The molecule has 0 saturated carbocycles. The van der Waals surface area contributed by atoms with Crippen LogP contribution < -0.4 is 0 Å². The van der Waals surface area contributed by atoms with Crippen LogP contribution >= 0.6 is 11.8 Å². The molecule has 0 spiro atoms. The van der Waals surface area contributed by atoms with Gasteiger partial charge < -0.3 is 9.47 Å². The van der Waals surface area contributed by atoms with E-state index in [2.05, 4.69) is 14.8 Å². The van der Waals surface area contributed by atoms with Crippen molar-refractivity contribution in [2.75, 3.05) is 14.2 Å². The van der Waals surface area contributed by atoms with Gasteiger partial charge in [0.15, 0.2) is 0 Å². The number of hydrogen-bond acceptors (Lipinski definition) is 6. The van der Waals surface area contributed by atoms with Crippen molar-refractivity contribution in [3.63, 3.8) is 0 Å². The maximum Gasteiger partial charge on any atom is 0.305 e. The quantitative estimate of drug-likeness (QED) is 0.418. The lowest BCUT2D eigenvalue weighted by Gasteiger charge is -2.04. The molecule has 0 aliphatic carbocycles. The van der Waals surface area contributed by atoms with Gasteiger partial charge in [-0.2, -0.15) is 0 Å². The van der Waals surface area contributed by atoms with Crippen LogP contribution in [0.5, 0.6) is 0 Å². The van der Waals surface area contributed by atoms with Crippen molar-refractivity contribution >= 4 is 17.7 Å². The molecule has 0 saturated heterocycles. The van der Waals surface area contributed by atoms with Crippen LogP contribution in [-0.4, -0.2) is 40.4 Å². The topological polar surface area (TPSA) is 66.2 Å². The van der Waals surface area contributed by atoms with E-state index in [-0.39, 0.29) is 11.4 Å². The molecular weight excluding hydrogens is 242 g/mol. The van der Waals surface area contributed by atoms with Gasteiger partial charge in [-0.25, -0.2) is 4.98 Å². The Morgan fingerprint density at radius 2 is 2.35 bits per heavy atom. The van der Waals surface area contributed by atoms with Gasteiger partial charge in [0.1, 0.15) is 11.8 Å². The van der Waals surface area contributed by atoms with Crippen molar-refractivity contribution in [2.24, 2.45) is 0 Å². The fourth-order valence-electron chi connectivity index (χ4n) is 1.12. The number of esters is 1. The van der Waals surface area contributed by atoms with Crippen molar-refractivity contribution in [3.05, 3.63) is 6.33 Å². The Morgan fingerprint density at radius 1 is 1.59 bits per heavy atom. The van der Waals surface area contributed by atoms with Crippen molar-refractivity contribution in [1.82, 2.24) is 14.8 Å². The maximum atomic E-state index is 10.9. The minimum atomic E-state index is -0.201. The first kappa shape index (κ1) is 14.0. The first-order chi connectivity index (χ1) is 8.15. The van der Waals surface area contributed by atoms with Crippen LogP contribution in [0.15, 0.2) is 11.5 Å². The smallest absolute Gasteiger partial charge is 0.305 e. The zero-order valence-corrected chi connectivity index (χ0v) is 11.1. The molecule has 1 unspecified atom stereocenters. The number of hydrogen-bond donors (Lipinski definition) is 0. The molecule has 0 aliphatic heterocycles. The minimum absolute atomic E-state index is 0.0286.